The van der Waals surface area contributed by atoms with Gasteiger partial charge in [-0.15, -0.1) is 0 Å². The Balaban J connectivity index is 1.60. The Kier molecular flexibility index (Phi) is 5.31. The van der Waals surface area contributed by atoms with Gasteiger partial charge in [-0.05, 0) is 49.4 Å². The first kappa shape index (κ1) is 19.5. The van der Waals surface area contributed by atoms with Gasteiger partial charge in [-0.1, -0.05) is 12.1 Å². The van der Waals surface area contributed by atoms with E-state index in [0.29, 0.717) is 43.2 Å². The molecule has 0 radical (unpaired) electrons. The minimum atomic E-state index is -3.55. The van der Waals surface area contributed by atoms with Crippen LogP contribution >= 0.6 is 0 Å². The van der Waals surface area contributed by atoms with Gasteiger partial charge in [0.15, 0.2) is 5.78 Å². The minimum absolute atomic E-state index is 0.00544. The molecule has 0 aliphatic carbocycles. The lowest BCUT2D eigenvalue weighted by atomic mass is 10.1. The van der Waals surface area contributed by atoms with E-state index in [1.807, 2.05) is 18.2 Å². The second kappa shape index (κ2) is 7.90. The number of Topliss-reactive ketones (excluding diaryl/α,β-unsaturated/α-hetero) is 1. The fourth-order valence-electron chi connectivity index (χ4n) is 3.23. The van der Waals surface area contributed by atoms with Crippen molar-refractivity contribution >= 4 is 38.2 Å². The van der Waals surface area contributed by atoms with Crippen molar-refractivity contribution < 1.29 is 17.9 Å². The summed E-state index contributed by atoms with van der Waals surface area (Å²) in [5.41, 5.74) is 2.06. The molecule has 1 fully saturated rings. The van der Waals surface area contributed by atoms with Gasteiger partial charge in [0.1, 0.15) is 5.82 Å². The molecular formula is C21H21N3O4S. The molecule has 29 heavy (non-hydrogen) atoms. The summed E-state index contributed by atoms with van der Waals surface area (Å²) >= 11 is 0. The highest BCUT2D eigenvalue weighted by atomic mass is 32.2. The highest BCUT2D eigenvalue weighted by molar-refractivity contribution is 7.89. The van der Waals surface area contributed by atoms with Gasteiger partial charge >= 0.3 is 0 Å². The molecule has 3 aromatic rings. The number of pyridine rings is 1. The van der Waals surface area contributed by atoms with Crippen molar-refractivity contribution in [2.45, 2.75) is 11.8 Å². The van der Waals surface area contributed by atoms with Crippen molar-refractivity contribution in [1.82, 2.24) is 9.29 Å². The summed E-state index contributed by atoms with van der Waals surface area (Å²) in [6.07, 6.45) is 0. The maximum atomic E-state index is 12.8. The van der Waals surface area contributed by atoms with Crippen LogP contribution in [0.5, 0.6) is 0 Å². The zero-order chi connectivity index (χ0) is 20.4. The van der Waals surface area contributed by atoms with E-state index in [-0.39, 0.29) is 10.7 Å². The molecule has 0 unspecified atom stereocenters. The van der Waals surface area contributed by atoms with Gasteiger partial charge in [0.2, 0.25) is 10.0 Å². The summed E-state index contributed by atoms with van der Waals surface area (Å²) in [7, 11) is -3.55. The number of morpholine rings is 1. The van der Waals surface area contributed by atoms with Crippen LogP contribution in [0.2, 0.25) is 0 Å². The van der Waals surface area contributed by atoms with Crippen LogP contribution in [-0.2, 0) is 14.8 Å². The van der Waals surface area contributed by atoms with Gasteiger partial charge < -0.3 is 10.1 Å². The van der Waals surface area contributed by atoms with Gasteiger partial charge in [0.05, 0.1) is 23.6 Å². The number of carbonyl (C=O) groups is 1. The van der Waals surface area contributed by atoms with Crippen molar-refractivity contribution in [3.63, 3.8) is 0 Å². The van der Waals surface area contributed by atoms with Crippen LogP contribution in [0.25, 0.3) is 10.9 Å². The van der Waals surface area contributed by atoms with Crippen molar-refractivity contribution in [3.8, 4) is 0 Å². The Morgan fingerprint density at radius 2 is 1.86 bits per heavy atom. The number of ketones is 1. The zero-order valence-corrected chi connectivity index (χ0v) is 16.8. The lowest BCUT2D eigenvalue weighted by molar-refractivity contribution is 0.0730. The van der Waals surface area contributed by atoms with Gasteiger partial charge in [-0.3, -0.25) is 4.79 Å². The molecule has 2 heterocycles. The number of rotatable bonds is 5. The van der Waals surface area contributed by atoms with Crippen LogP contribution in [0.3, 0.4) is 0 Å². The van der Waals surface area contributed by atoms with Crippen LogP contribution in [0.15, 0.2) is 59.5 Å². The Morgan fingerprint density at radius 1 is 1.07 bits per heavy atom. The van der Waals surface area contributed by atoms with Crippen molar-refractivity contribution in [2.24, 2.45) is 0 Å². The van der Waals surface area contributed by atoms with Gasteiger partial charge in [0.25, 0.3) is 0 Å². The summed E-state index contributed by atoms with van der Waals surface area (Å²) in [4.78, 5) is 16.4. The number of nitrogens with zero attached hydrogens (tertiary/aromatic N) is 2. The minimum Gasteiger partial charge on any atom is -0.379 e. The first-order valence-electron chi connectivity index (χ1n) is 9.30. The van der Waals surface area contributed by atoms with E-state index in [0.717, 1.165) is 11.1 Å². The molecule has 1 aliphatic heterocycles. The van der Waals surface area contributed by atoms with Gasteiger partial charge in [0, 0.05) is 29.7 Å². The number of sulfonamides is 1. The largest absolute Gasteiger partial charge is 0.379 e. The smallest absolute Gasteiger partial charge is 0.243 e. The molecule has 0 amide bonds. The summed E-state index contributed by atoms with van der Waals surface area (Å²) in [5, 5.41) is 3.92. The molecule has 2 aromatic carbocycles. The van der Waals surface area contributed by atoms with Crippen molar-refractivity contribution in [1.29, 1.82) is 0 Å². The molecule has 150 valence electrons. The highest BCUT2D eigenvalue weighted by Crippen LogP contribution is 2.24. The number of anilines is 2. The fraction of sp³-hybridized carbons (Fsp3) is 0.238. The number of nitrogens with one attached hydrogen (secondary N) is 1. The molecule has 1 saturated heterocycles. The number of hydrogen-bond acceptors (Lipinski definition) is 6. The summed E-state index contributed by atoms with van der Waals surface area (Å²) in [6, 6.07) is 15.8. The molecule has 7 nitrogen and oxygen atoms in total. The summed E-state index contributed by atoms with van der Waals surface area (Å²) in [6.45, 7) is 3.07. The topological polar surface area (TPSA) is 88.6 Å². The fourth-order valence-corrected chi connectivity index (χ4v) is 4.68. The van der Waals surface area contributed by atoms with E-state index in [4.69, 9.17) is 4.74 Å². The number of aromatic nitrogens is 1. The average molecular weight is 411 g/mol. The molecule has 0 spiro atoms. The number of ether oxygens (including phenoxy) is 1. The maximum absolute atomic E-state index is 12.8. The van der Waals surface area contributed by atoms with E-state index in [1.165, 1.54) is 11.2 Å². The third kappa shape index (κ3) is 4.14. The molecule has 0 saturated carbocycles. The lowest BCUT2D eigenvalue weighted by Crippen LogP contribution is -2.40. The summed E-state index contributed by atoms with van der Waals surface area (Å²) < 4.78 is 32.4. The third-order valence-electron chi connectivity index (χ3n) is 4.81. The van der Waals surface area contributed by atoms with E-state index in [1.54, 1.807) is 36.4 Å². The quantitative estimate of drug-likeness (QED) is 0.649. The Morgan fingerprint density at radius 3 is 2.62 bits per heavy atom. The van der Waals surface area contributed by atoms with E-state index in [9.17, 15) is 13.2 Å². The summed E-state index contributed by atoms with van der Waals surface area (Å²) in [5.74, 6) is 0.608. The zero-order valence-electron chi connectivity index (χ0n) is 16.0. The third-order valence-corrected chi connectivity index (χ3v) is 6.70. The van der Waals surface area contributed by atoms with Gasteiger partial charge in [-0.2, -0.15) is 4.31 Å². The Bertz CT molecular complexity index is 1170. The molecule has 1 aromatic heterocycles. The monoisotopic (exact) mass is 411 g/mol. The van der Waals surface area contributed by atoms with E-state index >= 15 is 0 Å². The molecule has 0 bridgehead atoms. The predicted molar refractivity (Wildman–Crippen MR) is 111 cm³/mol. The molecular weight excluding hydrogens is 390 g/mol. The Labute approximate surface area is 169 Å². The number of hydrogen-bond donors (Lipinski definition) is 1. The van der Waals surface area contributed by atoms with Crippen LogP contribution in [-0.4, -0.2) is 49.8 Å². The molecule has 0 atom stereocenters. The van der Waals surface area contributed by atoms with Crippen molar-refractivity contribution in [2.75, 3.05) is 31.6 Å². The Hall–Kier alpha value is -2.81. The molecule has 1 aliphatic rings. The van der Waals surface area contributed by atoms with E-state index in [2.05, 4.69) is 10.3 Å². The normalized spacial score (nSPS) is 15.3. The van der Waals surface area contributed by atoms with Crippen LogP contribution in [0.1, 0.15) is 17.3 Å². The molecule has 4 rings (SSSR count). The second-order valence-electron chi connectivity index (χ2n) is 6.83. The number of fused-ring (bicyclic) bond motifs is 1. The number of benzene rings is 2. The standard InChI is InChI=1S/C21H21N3O4S/c1-15(25)16-3-2-4-18(13-16)22-21-8-5-17-14-19(6-7-20(17)23-21)29(26,27)24-9-11-28-12-10-24/h2-8,13-14H,9-12H2,1H3,(H,22,23). The van der Waals surface area contributed by atoms with Crippen LogP contribution in [0, 0.1) is 0 Å². The van der Waals surface area contributed by atoms with Gasteiger partial charge in [-0.25, -0.2) is 13.4 Å². The maximum Gasteiger partial charge on any atom is 0.243 e. The first-order valence-corrected chi connectivity index (χ1v) is 10.7. The SMILES string of the molecule is CC(=O)c1cccc(Nc2ccc3cc(S(=O)(=O)N4CCOCC4)ccc3n2)c1. The second-order valence-corrected chi connectivity index (χ2v) is 8.77. The van der Waals surface area contributed by atoms with E-state index < -0.39 is 10.0 Å². The van der Waals surface area contributed by atoms with Crippen LogP contribution in [0.4, 0.5) is 11.5 Å². The molecule has 8 heteroatoms. The lowest BCUT2D eigenvalue weighted by Gasteiger charge is -2.26. The number of carbonyl (C=O) groups excluding carboxylic acids is 1. The molecule has 1 N–H and O–H groups in total. The van der Waals surface area contributed by atoms with Crippen molar-refractivity contribution in [3.05, 3.63) is 60.2 Å². The first-order chi connectivity index (χ1) is 13.9. The highest BCUT2D eigenvalue weighted by Gasteiger charge is 2.26. The average Bonchev–Trinajstić information content (AvgIpc) is 2.74. The van der Waals surface area contributed by atoms with Crippen LogP contribution < -0.4 is 5.32 Å². The predicted octanol–water partition coefficient (Wildman–Crippen LogP) is 3.20.